The van der Waals surface area contributed by atoms with Gasteiger partial charge in [0.15, 0.2) is 0 Å². The van der Waals surface area contributed by atoms with Crippen molar-refractivity contribution in [3.8, 4) is 0 Å². The molecule has 0 aromatic heterocycles. The van der Waals surface area contributed by atoms with Crippen molar-refractivity contribution in [3.63, 3.8) is 0 Å². The Labute approximate surface area is 76.5 Å². The molecule has 0 N–H and O–H groups in total. The van der Waals surface area contributed by atoms with Gasteiger partial charge in [-0.1, -0.05) is 0 Å². The number of hydrogen-bond acceptors (Lipinski definition) is 0. The molecular weight excluding hydrogens is 249 g/mol. The van der Waals surface area contributed by atoms with Gasteiger partial charge in [0.2, 0.25) is 0 Å². The summed E-state index contributed by atoms with van der Waals surface area (Å²) < 4.78 is 1.05. The fourth-order valence-corrected chi connectivity index (χ4v) is 5.85. The second-order valence-corrected chi connectivity index (χ2v) is 16.5. The van der Waals surface area contributed by atoms with E-state index in [0.717, 1.165) is 0 Å². The topological polar surface area (TPSA) is 0 Å². The Kier molecular flexibility index (Phi) is 3.50. The van der Waals surface area contributed by atoms with Crippen molar-refractivity contribution in [2.45, 2.75) is 50.0 Å². The Morgan fingerprint density at radius 1 is 0.800 bits per heavy atom. The summed E-state index contributed by atoms with van der Waals surface area (Å²) in [5.74, 6) is 0. The summed E-state index contributed by atoms with van der Waals surface area (Å²) in [6.07, 6.45) is 0. The van der Waals surface area contributed by atoms with E-state index in [9.17, 15) is 0 Å². The van der Waals surface area contributed by atoms with Crippen LogP contribution in [-0.4, -0.2) is 12.5 Å². The summed E-state index contributed by atoms with van der Waals surface area (Å²) in [5.41, 5.74) is 0. The Balaban J connectivity index is 4.23. The maximum atomic E-state index is 3.89. The fraction of sp³-hybridized carbons (Fsp3) is 1.00. The first-order valence-electron chi connectivity index (χ1n) is 3.69. The number of rotatable bonds is 0. The third kappa shape index (κ3) is 3.42. The molecule has 0 saturated heterocycles. The quantitative estimate of drug-likeness (QED) is 0.582. The monoisotopic (exact) mass is 267 g/mol. The molecule has 0 aliphatic heterocycles. The summed E-state index contributed by atoms with van der Waals surface area (Å²) in [6.45, 7) is 14.0. The molecule has 61 valence electrons. The molecule has 0 fully saturated rings. The zero-order valence-corrected chi connectivity index (χ0v) is 11.6. The van der Waals surface area contributed by atoms with Gasteiger partial charge in [0, 0.05) is 0 Å². The minimum absolute atomic E-state index is 0.526. The average molecular weight is 267 g/mol. The Morgan fingerprint density at radius 2 is 1.00 bits per heavy atom. The van der Waals surface area contributed by atoms with Crippen molar-refractivity contribution in [1.82, 2.24) is 0 Å². The second-order valence-electron chi connectivity index (χ2n) is 4.81. The average Bonchev–Trinajstić information content (AvgIpc) is 1.59. The van der Waals surface area contributed by atoms with Crippen LogP contribution >= 0.6 is 14.0 Å². The molecule has 0 spiro atoms. The van der Waals surface area contributed by atoms with Gasteiger partial charge in [-0.15, -0.1) is 0 Å². The predicted molar refractivity (Wildman–Crippen MR) is 54.1 cm³/mol. The molecule has 0 heterocycles. The fourth-order valence-electron chi connectivity index (χ4n) is 1.12. The number of halogens is 1. The van der Waals surface area contributed by atoms with E-state index < -0.39 is 12.5 Å². The van der Waals surface area contributed by atoms with E-state index in [4.69, 9.17) is 0 Å². The molecule has 10 heavy (non-hydrogen) atoms. The van der Waals surface area contributed by atoms with Gasteiger partial charge in [0.25, 0.3) is 0 Å². The van der Waals surface area contributed by atoms with Crippen LogP contribution in [0.3, 0.4) is 0 Å². The molecule has 0 bridgehead atoms. The summed E-state index contributed by atoms with van der Waals surface area (Å²) >= 11 is 2.85. The van der Waals surface area contributed by atoms with E-state index in [-0.39, 0.29) is 0 Å². The summed E-state index contributed by atoms with van der Waals surface area (Å²) in [6, 6.07) is 0. The van der Waals surface area contributed by atoms with Crippen molar-refractivity contribution >= 4 is 26.5 Å². The predicted octanol–water partition coefficient (Wildman–Crippen LogP) is 3.97. The van der Waals surface area contributed by atoms with Crippen LogP contribution in [0.5, 0.6) is 0 Å². The van der Waals surface area contributed by atoms with Gasteiger partial charge >= 0.3 is 76.5 Å². The molecule has 0 atom stereocenters. The van der Waals surface area contributed by atoms with Crippen LogP contribution in [0.25, 0.3) is 0 Å². The Hall–Kier alpha value is 1.02. The van der Waals surface area contributed by atoms with Gasteiger partial charge in [0.1, 0.15) is 0 Å². The molecule has 2 heteroatoms. The minimum atomic E-state index is -1.03. The molecular formula is C8H18BrGe. The molecule has 0 nitrogen and oxygen atoms in total. The zero-order chi connectivity index (χ0) is 8.58. The normalized spacial score (nSPS) is 14.4. The van der Waals surface area contributed by atoms with Crippen molar-refractivity contribution in [3.05, 3.63) is 0 Å². The van der Waals surface area contributed by atoms with Crippen LogP contribution in [-0.2, 0) is 0 Å². The first-order chi connectivity index (χ1) is 4.15. The SMILES string of the molecule is C[C](C)(C)[Ge]([Br])[C](C)(C)C. The summed E-state index contributed by atoms with van der Waals surface area (Å²) in [4.78, 5) is 0. The number of hydrogen-bond donors (Lipinski definition) is 0. The van der Waals surface area contributed by atoms with Crippen LogP contribution in [0.4, 0.5) is 0 Å². The summed E-state index contributed by atoms with van der Waals surface area (Å²) in [5, 5.41) is 0. The molecule has 0 amide bonds. The molecule has 0 aromatic carbocycles. The van der Waals surface area contributed by atoms with Gasteiger partial charge in [-0.25, -0.2) is 0 Å². The molecule has 0 aliphatic carbocycles. The van der Waals surface area contributed by atoms with Gasteiger partial charge in [-0.3, -0.25) is 0 Å². The van der Waals surface area contributed by atoms with E-state index >= 15 is 0 Å². The van der Waals surface area contributed by atoms with Crippen molar-refractivity contribution in [1.29, 1.82) is 0 Å². The Morgan fingerprint density at radius 3 is 1.00 bits per heavy atom. The zero-order valence-electron chi connectivity index (χ0n) is 7.88. The van der Waals surface area contributed by atoms with Gasteiger partial charge in [0.05, 0.1) is 0 Å². The molecule has 0 aromatic rings. The van der Waals surface area contributed by atoms with E-state index in [2.05, 4.69) is 55.5 Å². The van der Waals surface area contributed by atoms with Crippen LogP contribution in [0.1, 0.15) is 41.5 Å². The third-order valence-corrected chi connectivity index (χ3v) is 19.2. The Bertz CT molecular complexity index is 93.4. The second kappa shape index (κ2) is 3.18. The van der Waals surface area contributed by atoms with Crippen molar-refractivity contribution in [2.24, 2.45) is 0 Å². The van der Waals surface area contributed by atoms with Gasteiger partial charge in [-0.05, 0) is 0 Å². The van der Waals surface area contributed by atoms with Gasteiger partial charge < -0.3 is 0 Å². The maximum absolute atomic E-state index is 3.89. The van der Waals surface area contributed by atoms with Crippen LogP contribution in [0.15, 0.2) is 0 Å². The van der Waals surface area contributed by atoms with Crippen molar-refractivity contribution in [2.75, 3.05) is 0 Å². The molecule has 0 rings (SSSR count). The van der Waals surface area contributed by atoms with E-state index in [0.29, 0.717) is 8.49 Å². The molecule has 0 saturated carbocycles. The molecule has 0 unspecified atom stereocenters. The van der Waals surface area contributed by atoms with E-state index in [1.807, 2.05) is 0 Å². The summed E-state index contributed by atoms with van der Waals surface area (Å²) in [7, 11) is 0. The van der Waals surface area contributed by atoms with E-state index in [1.54, 1.807) is 0 Å². The first kappa shape index (κ1) is 11.0. The van der Waals surface area contributed by atoms with Crippen molar-refractivity contribution < 1.29 is 0 Å². The molecule has 1 radical (unpaired) electrons. The van der Waals surface area contributed by atoms with Crippen LogP contribution < -0.4 is 0 Å². The first-order valence-corrected chi connectivity index (χ1v) is 10.7. The third-order valence-electron chi connectivity index (χ3n) is 1.32. The van der Waals surface area contributed by atoms with E-state index in [1.165, 1.54) is 0 Å². The van der Waals surface area contributed by atoms with Crippen LogP contribution in [0.2, 0.25) is 8.49 Å². The van der Waals surface area contributed by atoms with Gasteiger partial charge in [-0.2, -0.15) is 0 Å². The van der Waals surface area contributed by atoms with Crippen LogP contribution in [0, 0.1) is 0 Å². The molecule has 0 aliphatic rings. The standard InChI is InChI=1S/C8H18BrGe/c1-7(2,3)10(9)8(4,5)6/h1-6H3.